The molecule has 92 valence electrons. The summed E-state index contributed by atoms with van der Waals surface area (Å²) in [4.78, 5) is 11.1. The van der Waals surface area contributed by atoms with E-state index in [4.69, 9.17) is 4.74 Å². The molecular formula is C14H13NO3. The van der Waals surface area contributed by atoms with Gasteiger partial charge >= 0.3 is 0 Å². The minimum atomic E-state index is -0.177. The van der Waals surface area contributed by atoms with E-state index >= 15 is 0 Å². The largest absolute Gasteiger partial charge is 0.504 e. The maximum atomic E-state index is 11.1. The first kappa shape index (κ1) is 12.0. The van der Waals surface area contributed by atoms with Crippen LogP contribution >= 0.6 is 0 Å². The Kier molecular flexibility index (Phi) is 3.48. The number of amides is 1. The normalized spacial score (nSPS) is 9.83. The smallest absolute Gasteiger partial charge is 0.221 e. The second kappa shape index (κ2) is 5.23. The lowest BCUT2D eigenvalue weighted by molar-refractivity contribution is -0.114. The second-order valence-corrected chi connectivity index (χ2v) is 3.75. The van der Waals surface area contributed by atoms with Crippen molar-refractivity contribution in [2.24, 2.45) is 0 Å². The van der Waals surface area contributed by atoms with Gasteiger partial charge in [-0.2, -0.15) is 0 Å². The first-order valence-corrected chi connectivity index (χ1v) is 5.49. The van der Waals surface area contributed by atoms with Crippen LogP contribution < -0.4 is 10.1 Å². The van der Waals surface area contributed by atoms with Crippen LogP contribution in [-0.2, 0) is 4.79 Å². The van der Waals surface area contributed by atoms with Crippen LogP contribution in [0.2, 0.25) is 0 Å². The Morgan fingerprint density at radius 3 is 2.33 bits per heavy atom. The second-order valence-electron chi connectivity index (χ2n) is 3.75. The highest BCUT2D eigenvalue weighted by Crippen LogP contribution is 2.33. The SMILES string of the molecule is CC(=O)Nc1ccccc1Oc1ccccc1O. The Hall–Kier alpha value is -2.49. The molecule has 4 heteroatoms. The molecule has 0 saturated heterocycles. The number of aromatic hydroxyl groups is 1. The van der Waals surface area contributed by atoms with E-state index in [0.29, 0.717) is 17.2 Å². The summed E-state index contributed by atoms with van der Waals surface area (Å²) < 4.78 is 5.58. The van der Waals surface area contributed by atoms with Crippen LogP contribution in [0.4, 0.5) is 5.69 Å². The van der Waals surface area contributed by atoms with Crippen molar-refractivity contribution in [1.82, 2.24) is 0 Å². The molecule has 0 aliphatic heterocycles. The fourth-order valence-electron chi connectivity index (χ4n) is 1.51. The molecule has 0 bridgehead atoms. The molecule has 0 heterocycles. The Balaban J connectivity index is 2.29. The predicted octanol–water partition coefficient (Wildman–Crippen LogP) is 3.14. The number of nitrogens with one attached hydrogen (secondary N) is 1. The van der Waals surface area contributed by atoms with Gasteiger partial charge in [-0.15, -0.1) is 0 Å². The molecule has 0 fully saturated rings. The highest BCUT2D eigenvalue weighted by Gasteiger charge is 2.07. The van der Waals surface area contributed by atoms with Crippen molar-refractivity contribution in [2.75, 3.05) is 5.32 Å². The Morgan fingerprint density at radius 1 is 1.06 bits per heavy atom. The van der Waals surface area contributed by atoms with Crippen LogP contribution in [0.5, 0.6) is 17.2 Å². The van der Waals surface area contributed by atoms with Gasteiger partial charge in [0.2, 0.25) is 5.91 Å². The maximum Gasteiger partial charge on any atom is 0.221 e. The molecule has 0 saturated carbocycles. The number of hydrogen-bond acceptors (Lipinski definition) is 3. The van der Waals surface area contributed by atoms with Crippen LogP contribution in [0.3, 0.4) is 0 Å². The third-order valence-corrected chi connectivity index (χ3v) is 2.28. The van der Waals surface area contributed by atoms with Crippen molar-refractivity contribution in [3.05, 3.63) is 48.5 Å². The first-order chi connectivity index (χ1) is 8.66. The molecule has 0 radical (unpaired) electrons. The number of hydrogen-bond donors (Lipinski definition) is 2. The number of rotatable bonds is 3. The van der Waals surface area contributed by atoms with E-state index in [-0.39, 0.29) is 11.7 Å². The van der Waals surface area contributed by atoms with Gasteiger partial charge in [0.15, 0.2) is 17.2 Å². The molecule has 18 heavy (non-hydrogen) atoms. The molecule has 2 rings (SSSR count). The summed E-state index contributed by atoms with van der Waals surface area (Å²) in [6, 6.07) is 13.7. The van der Waals surface area contributed by atoms with Gasteiger partial charge in [0, 0.05) is 6.92 Å². The minimum absolute atomic E-state index is 0.0510. The Morgan fingerprint density at radius 2 is 1.67 bits per heavy atom. The Labute approximate surface area is 105 Å². The summed E-state index contributed by atoms with van der Waals surface area (Å²) in [6.07, 6.45) is 0. The van der Waals surface area contributed by atoms with Gasteiger partial charge in [-0.3, -0.25) is 4.79 Å². The van der Waals surface area contributed by atoms with Gasteiger partial charge in [0.05, 0.1) is 5.69 Å². The summed E-state index contributed by atoms with van der Waals surface area (Å²) in [5.41, 5.74) is 0.563. The number of benzene rings is 2. The van der Waals surface area contributed by atoms with Crippen molar-refractivity contribution in [1.29, 1.82) is 0 Å². The van der Waals surface area contributed by atoms with Crippen molar-refractivity contribution < 1.29 is 14.6 Å². The molecule has 4 nitrogen and oxygen atoms in total. The van der Waals surface area contributed by atoms with Gasteiger partial charge in [0.25, 0.3) is 0 Å². The van der Waals surface area contributed by atoms with Gasteiger partial charge in [-0.05, 0) is 24.3 Å². The predicted molar refractivity (Wildman–Crippen MR) is 68.9 cm³/mol. The maximum absolute atomic E-state index is 11.1. The number of carbonyl (C=O) groups is 1. The number of ether oxygens (including phenoxy) is 1. The zero-order chi connectivity index (χ0) is 13.0. The number of para-hydroxylation sites is 4. The number of phenols is 1. The molecule has 2 aromatic rings. The number of anilines is 1. The van der Waals surface area contributed by atoms with E-state index in [2.05, 4.69) is 5.32 Å². The van der Waals surface area contributed by atoms with Gasteiger partial charge in [0.1, 0.15) is 0 Å². The monoisotopic (exact) mass is 243 g/mol. The standard InChI is InChI=1S/C14H13NO3/c1-10(16)15-11-6-2-4-8-13(11)18-14-9-5-3-7-12(14)17/h2-9,17H,1H3,(H,15,16). The zero-order valence-electron chi connectivity index (χ0n) is 9.88. The Bertz CT molecular complexity index is 566. The van der Waals surface area contributed by atoms with E-state index in [1.54, 1.807) is 42.5 Å². The van der Waals surface area contributed by atoms with E-state index in [0.717, 1.165) is 0 Å². The van der Waals surface area contributed by atoms with E-state index in [9.17, 15) is 9.90 Å². The van der Waals surface area contributed by atoms with Crippen LogP contribution in [0, 0.1) is 0 Å². The van der Waals surface area contributed by atoms with E-state index < -0.39 is 0 Å². The molecule has 0 aliphatic rings. The lowest BCUT2D eigenvalue weighted by atomic mass is 10.2. The topological polar surface area (TPSA) is 58.6 Å². The highest BCUT2D eigenvalue weighted by molar-refractivity contribution is 5.90. The van der Waals surface area contributed by atoms with Crippen LogP contribution in [0.1, 0.15) is 6.92 Å². The van der Waals surface area contributed by atoms with Crippen molar-refractivity contribution >= 4 is 11.6 Å². The number of carbonyl (C=O) groups excluding carboxylic acids is 1. The molecule has 1 amide bonds. The van der Waals surface area contributed by atoms with Crippen LogP contribution in [-0.4, -0.2) is 11.0 Å². The molecule has 0 spiro atoms. The molecule has 0 unspecified atom stereocenters. The number of phenolic OH excluding ortho intramolecular Hbond substituents is 1. The third-order valence-electron chi connectivity index (χ3n) is 2.28. The average molecular weight is 243 g/mol. The van der Waals surface area contributed by atoms with Crippen molar-refractivity contribution in [3.8, 4) is 17.2 Å². The van der Waals surface area contributed by atoms with Gasteiger partial charge in [-0.1, -0.05) is 24.3 Å². The summed E-state index contributed by atoms with van der Waals surface area (Å²) in [7, 11) is 0. The molecule has 2 aromatic carbocycles. The quantitative estimate of drug-likeness (QED) is 0.870. The van der Waals surface area contributed by atoms with Crippen molar-refractivity contribution in [3.63, 3.8) is 0 Å². The summed E-state index contributed by atoms with van der Waals surface area (Å²) in [5, 5.41) is 12.3. The van der Waals surface area contributed by atoms with E-state index in [1.807, 2.05) is 0 Å². The molecule has 2 N–H and O–H groups in total. The van der Waals surface area contributed by atoms with Crippen LogP contribution in [0.25, 0.3) is 0 Å². The summed E-state index contributed by atoms with van der Waals surface area (Å²) in [5.74, 6) is 0.697. The third kappa shape index (κ3) is 2.79. The van der Waals surface area contributed by atoms with Gasteiger partial charge < -0.3 is 15.2 Å². The fraction of sp³-hybridized carbons (Fsp3) is 0.0714. The molecule has 0 aliphatic carbocycles. The zero-order valence-corrected chi connectivity index (χ0v) is 9.88. The molecule has 0 aromatic heterocycles. The molecule has 0 atom stereocenters. The van der Waals surface area contributed by atoms with Crippen LogP contribution in [0.15, 0.2) is 48.5 Å². The van der Waals surface area contributed by atoms with Crippen molar-refractivity contribution in [2.45, 2.75) is 6.92 Å². The highest BCUT2D eigenvalue weighted by atomic mass is 16.5. The average Bonchev–Trinajstić information content (AvgIpc) is 2.34. The fourth-order valence-corrected chi connectivity index (χ4v) is 1.51. The van der Waals surface area contributed by atoms with Gasteiger partial charge in [-0.25, -0.2) is 0 Å². The van der Waals surface area contributed by atoms with E-state index in [1.165, 1.54) is 13.0 Å². The molecular weight excluding hydrogens is 230 g/mol. The lowest BCUT2D eigenvalue weighted by Crippen LogP contribution is -2.06. The summed E-state index contributed by atoms with van der Waals surface area (Å²) >= 11 is 0. The summed E-state index contributed by atoms with van der Waals surface area (Å²) in [6.45, 7) is 1.43. The lowest BCUT2D eigenvalue weighted by Gasteiger charge is -2.11. The minimum Gasteiger partial charge on any atom is -0.504 e. The first-order valence-electron chi connectivity index (χ1n) is 5.49.